The predicted molar refractivity (Wildman–Crippen MR) is 94.1 cm³/mol. The summed E-state index contributed by atoms with van der Waals surface area (Å²) in [5.41, 5.74) is 1.92. The number of rotatable bonds is 4. The third-order valence-electron chi connectivity index (χ3n) is 3.88. The predicted octanol–water partition coefficient (Wildman–Crippen LogP) is 2.36. The lowest BCUT2D eigenvalue weighted by atomic mass is 10.2. The van der Waals surface area contributed by atoms with Crippen LogP contribution in [-0.4, -0.2) is 62.4 Å². The van der Waals surface area contributed by atoms with E-state index < -0.39 is 10.0 Å². The van der Waals surface area contributed by atoms with E-state index in [0.29, 0.717) is 11.4 Å². The van der Waals surface area contributed by atoms with Crippen LogP contribution in [0, 0.1) is 13.8 Å². The van der Waals surface area contributed by atoms with E-state index in [4.69, 9.17) is 0 Å². The zero-order valence-electron chi connectivity index (χ0n) is 13.9. The third kappa shape index (κ3) is 4.04. The van der Waals surface area contributed by atoms with Crippen molar-refractivity contribution < 1.29 is 8.42 Å². The Morgan fingerprint density at radius 2 is 2.05 bits per heavy atom. The molecule has 2 rings (SSSR count). The fraction of sp³-hybridized carbons (Fsp3) is 0.625. The van der Waals surface area contributed by atoms with Gasteiger partial charge in [0, 0.05) is 24.9 Å². The first-order valence-corrected chi connectivity index (χ1v) is 10.2. The topological polar surface area (TPSA) is 40.6 Å². The minimum absolute atomic E-state index is 0.0354. The van der Waals surface area contributed by atoms with Crippen molar-refractivity contribution in [2.75, 3.05) is 38.7 Å². The molecule has 0 aromatic heterocycles. The van der Waals surface area contributed by atoms with Crippen molar-refractivity contribution in [3.63, 3.8) is 0 Å². The second-order valence-corrected chi connectivity index (χ2v) is 9.24. The van der Waals surface area contributed by atoms with Gasteiger partial charge in [0.25, 0.3) is 0 Å². The molecule has 1 fully saturated rings. The maximum absolute atomic E-state index is 13.2. The summed E-state index contributed by atoms with van der Waals surface area (Å²) in [6.07, 6.45) is 0.915. The maximum Gasteiger partial charge on any atom is 0.243 e. The molecule has 1 aliphatic heterocycles. The highest BCUT2D eigenvalue weighted by Gasteiger charge is 2.33. The van der Waals surface area contributed by atoms with Crippen LogP contribution in [0.3, 0.4) is 0 Å². The smallest absolute Gasteiger partial charge is 0.243 e. The van der Waals surface area contributed by atoms with E-state index >= 15 is 0 Å². The van der Waals surface area contributed by atoms with Crippen LogP contribution in [-0.2, 0) is 10.0 Å². The second kappa shape index (κ2) is 7.34. The van der Waals surface area contributed by atoms with E-state index in [2.05, 4.69) is 4.90 Å². The minimum atomic E-state index is -3.43. The van der Waals surface area contributed by atoms with E-state index in [1.165, 1.54) is 0 Å². The lowest BCUT2D eigenvalue weighted by Crippen LogP contribution is -2.46. The summed E-state index contributed by atoms with van der Waals surface area (Å²) in [7, 11) is 0.561. The zero-order valence-corrected chi connectivity index (χ0v) is 15.5. The summed E-state index contributed by atoms with van der Waals surface area (Å²) in [5.74, 6) is 1.89. The molecule has 1 aromatic carbocycles. The van der Waals surface area contributed by atoms with Crippen molar-refractivity contribution in [2.45, 2.75) is 31.2 Å². The Bertz CT molecular complexity index is 615. The van der Waals surface area contributed by atoms with Crippen LogP contribution in [0.15, 0.2) is 23.1 Å². The fourth-order valence-corrected chi connectivity index (χ4v) is 5.92. The van der Waals surface area contributed by atoms with Gasteiger partial charge in [-0.2, -0.15) is 16.1 Å². The molecule has 0 unspecified atom stereocenters. The van der Waals surface area contributed by atoms with E-state index in [0.717, 1.165) is 35.6 Å². The summed E-state index contributed by atoms with van der Waals surface area (Å²) >= 11 is 1.85. The Morgan fingerprint density at radius 1 is 1.32 bits per heavy atom. The van der Waals surface area contributed by atoms with Gasteiger partial charge in [0.05, 0.1) is 4.90 Å². The van der Waals surface area contributed by atoms with Crippen molar-refractivity contribution in [3.05, 3.63) is 29.3 Å². The molecule has 1 atom stereocenters. The summed E-state index contributed by atoms with van der Waals surface area (Å²) in [4.78, 5) is 2.52. The number of sulfonamides is 1. The average molecular weight is 343 g/mol. The molecule has 0 amide bonds. The molecule has 0 spiro atoms. The summed E-state index contributed by atoms with van der Waals surface area (Å²) in [5, 5.41) is 0. The van der Waals surface area contributed by atoms with Gasteiger partial charge in [-0.3, -0.25) is 0 Å². The molecule has 4 nitrogen and oxygen atoms in total. The van der Waals surface area contributed by atoms with Crippen LogP contribution in [0.25, 0.3) is 0 Å². The van der Waals surface area contributed by atoms with Crippen LogP contribution in [0.2, 0.25) is 0 Å². The van der Waals surface area contributed by atoms with Crippen LogP contribution in [0.5, 0.6) is 0 Å². The molecule has 0 N–H and O–H groups in total. The molecular weight excluding hydrogens is 316 g/mol. The quantitative estimate of drug-likeness (QED) is 0.842. The SMILES string of the molecule is Cc1ccc(S(=O)(=O)N2CCCSC[C@H]2CN(C)C)c(C)c1. The Labute approximate surface area is 138 Å². The number of thioether (sulfide) groups is 1. The molecule has 0 bridgehead atoms. The first-order chi connectivity index (χ1) is 10.3. The first kappa shape index (κ1) is 17.8. The Morgan fingerprint density at radius 3 is 2.68 bits per heavy atom. The van der Waals surface area contributed by atoms with Gasteiger partial charge in [-0.05, 0) is 51.7 Å². The van der Waals surface area contributed by atoms with Crippen LogP contribution < -0.4 is 0 Å². The van der Waals surface area contributed by atoms with Gasteiger partial charge in [0.2, 0.25) is 10.0 Å². The molecule has 1 aliphatic rings. The Kier molecular flexibility index (Phi) is 5.94. The van der Waals surface area contributed by atoms with E-state index in [9.17, 15) is 8.42 Å². The molecule has 22 heavy (non-hydrogen) atoms. The zero-order chi connectivity index (χ0) is 16.3. The number of likely N-dealkylation sites (N-methyl/N-ethyl adjacent to an activating group) is 1. The van der Waals surface area contributed by atoms with Gasteiger partial charge in [0.15, 0.2) is 0 Å². The highest BCUT2D eigenvalue weighted by molar-refractivity contribution is 7.99. The Hall–Kier alpha value is -0.560. The third-order valence-corrected chi connectivity index (χ3v) is 7.19. The molecule has 0 radical (unpaired) electrons. The maximum atomic E-state index is 13.2. The Balaban J connectivity index is 2.39. The molecule has 6 heteroatoms. The highest BCUT2D eigenvalue weighted by atomic mass is 32.2. The summed E-state index contributed by atoms with van der Waals surface area (Å²) in [6.45, 7) is 5.24. The van der Waals surface area contributed by atoms with Gasteiger partial charge < -0.3 is 4.90 Å². The first-order valence-electron chi connectivity index (χ1n) is 7.64. The normalized spacial score (nSPS) is 21.0. The van der Waals surface area contributed by atoms with Crippen LogP contribution >= 0.6 is 11.8 Å². The van der Waals surface area contributed by atoms with Crippen molar-refractivity contribution in [1.82, 2.24) is 9.21 Å². The molecule has 1 aromatic rings. The lowest BCUT2D eigenvalue weighted by Gasteiger charge is -2.31. The standard InChI is InChI=1S/C16H26N2O2S2/c1-13-6-7-16(14(2)10-13)22(19,20)18-8-5-9-21-12-15(18)11-17(3)4/h6-7,10,15H,5,8-9,11-12H2,1-4H3/t15-/m1/s1. The number of hydrogen-bond acceptors (Lipinski definition) is 4. The van der Waals surface area contributed by atoms with Crippen LogP contribution in [0.1, 0.15) is 17.5 Å². The largest absolute Gasteiger partial charge is 0.308 e. The van der Waals surface area contributed by atoms with Gasteiger partial charge in [-0.15, -0.1) is 0 Å². The van der Waals surface area contributed by atoms with E-state index in [1.54, 1.807) is 10.4 Å². The van der Waals surface area contributed by atoms with Crippen molar-refractivity contribution >= 4 is 21.8 Å². The molecule has 1 saturated heterocycles. The molecule has 124 valence electrons. The number of aryl methyl sites for hydroxylation is 2. The molecule has 0 saturated carbocycles. The van der Waals surface area contributed by atoms with Gasteiger partial charge in [-0.25, -0.2) is 8.42 Å². The van der Waals surface area contributed by atoms with Crippen molar-refractivity contribution in [2.24, 2.45) is 0 Å². The number of nitrogens with zero attached hydrogens (tertiary/aromatic N) is 2. The molecular formula is C16H26N2O2S2. The highest BCUT2D eigenvalue weighted by Crippen LogP contribution is 2.26. The lowest BCUT2D eigenvalue weighted by molar-refractivity contribution is 0.271. The van der Waals surface area contributed by atoms with E-state index in [1.807, 2.05) is 51.8 Å². The number of hydrogen-bond donors (Lipinski definition) is 0. The second-order valence-electron chi connectivity index (χ2n) is 6.23. The molecule has 0 aliphatic carbocycles. The summed E-state index contributed by atoms with van der Waals surface area (Å²) < 4.78 is 28.1. The van der Waals surface area contributed by atoms with Crippen molar-refractivity contribution in [1.29, 1.82) is 0 Å². The molecule has 1 heterocycles. The monoisotopic (exact) mass is 342 g/mol. The average Bonchev–Trinajstić information content (AvgIpc) is 2.63. The van der Waals surface area contributed by atoms with Crippen molar-refractivity contribution in [3.8, 4) is 0 Å². The summed E-state index contributed by atoms with van der Waals surface area (Å²) in [6, 6.07) is 5.62. The van der Waals surface area contributed by atoms with Crippen LogP contribution in [0.4, 0.5) is 0 Å². The minimum Gasteiger partial charge on any atom is -0.308 e. The van der Waals surface area contributed by atoms with Gasteiger partial charge in [-0.1, -0.05) is 17.7 Å². The van der Waals surface area contributed by atoms with Gasteiger partial charge >= 0.3 is 0 Å². The van der Waals surface area contributed by atoms with E-state index in [-0.39, 0.29) is 6.04 Å². The number of benzene rings is 1. The fourth-order valence-electron chi connectivity index (χ4n) is 2.90. The van der Waals surface area contributed by atoms with Gasteiger partial charge in [0.1, 0.15) is 0 Å².